The average molecular weight is 675 g/mol. The van der Waals surface area contributed by atoms with Gasteiger partial charge in [0.25, 0.3) is 0 Å². The van der Waals surface area contributed by atoms with E-state index in [0.29, 0.717) is 37.4 Å². The van der Waals surface area contributed by atoms with E-state index in [2.05, 4.69) is 26.0 Å². The second-order valence-corrected chi connectivity index (χ2v) is 16.0. The Morgan fingerprint density at radius 1 is 1.15 bits per heavy atom. The minimum atomic E-state index is -1.93. The zero-order valence-electron chi connectivity index (χ0n) is 27.3. The smallest absolute Gasteiger partial charge is 0.319 e. The quantitative estimate of drug-likeness (QED) is 0.310. The zero-order chi connectivity index (χ0) is 33.4. The van der Waals surface area contributed by atoms with E-state index in [-0.39, 0.29) is 61.3 Å². The Morgan fingerprint density at radius 2 is 1.90 bits per heavy atom. The van der Waals surface area contributed by atoms with Crippen molar-refractivity contribution in [3.8, 4) is 24.1 Å². The maximum atomic E-state index is 17.5. The van der Waals surface area contributed by atoms with Gasteiger partial charge in [0.05, 0.1) is 17.9 Å². The molecule has 1 aromatic heterocycles. The molecule has 2 N–H and O–H groups in total. The van der Waals surface area contributed by atoms with Crippen molar-refractivity contribution in [2.75, 3.05) is 64.9 Å². The van der Waals surface area contributed by atoms with Crippen molar-refractivity contribution in [1.82, 2.24) is 24.5 Å². The fraction of sp³-hybridized carbons (Fsp3) is 0.500. The van der Waals surface area contributed by atoms with Gasteiger partial charge < -0.3 is 25.0 Å². The van der Waals surface area contributed by atoms with Gasteiger partial charge in [0, 0.05) is 55.6 Å². The number of hydrogen-bond donors (Lipinski definition) is 2. The van der Waals surface area contributed by atoms with E-state index in [0.717, 1.165) is 58.2 Å². The normalized spacial score (nSPS) is 22.5. The molecule has 2 saturated carbocycles. The molecule has 1 spiro atoms. The Hall–Kier alpha value is -3.79. The van der Waals surface area contributed by atoms with Crippen LogP contribution in [0.25, 0.3) is 22.3 Å². The molecule has 0 amide bonds. The van der Waals surface area contributed by atoms with E-state index in [1.54, 1.807) is 4.31 Å². The maximum Gasteiger partial charge on any atom is 0.319 e. The summed E-state index contributed by atoms with van der Waals surface area (Å²) in [5.74, 6) is 1.55. The summed E-state index contributed by atoms with van der Waals surface area (Å²) >= 11 is 0. The summed E-state index contributed by atoms with van der Waals surface area (Å²) in [6.07, 6.45) is 11.6. The molecule has 9 nitrogen and oxygen atoms in total. The number of nitrogens with zero attached hydrogens (tertiary/aromatic N) is 5. The predicted octanol–water partition coefficient (Wildman–Crippen LogP) is 4.91. The van der Waals surface area contributed by atoms with Crippen molar-refractivity contribution in [2.45, 2.75) is 43.4 Å². The Morgan fingerprint density at radius 3 is 2.52 bits per heavy atom. The number of ether oxygens (including phenoxy) is 1. The Labute approximate surface area is 281 Å². The lowest BCUT2D eigenvalue weighted by molar-refractivity contribution is 0.125. The van der Waals surface area contributed by atoms with E-state index in [1.807, 2.05) is 14.1 Å². The van der Waals surface area contributed by atoms with Crippen molar-refractivity contribution in [2.24, 2.45) is 16.7 Å². The Kier molecular flexibility index (Phi) is 7.65. The van der Waals surface area contributed by atoms with Crippen molar-refractivity contribution in [3.05, 3.63) is 46.9 Å². The second kappa shape index (κ2) is 11.7. The largest absolute Gasteiger partial charge is 0.508 e. The highest BCUT2D eigenvalue weighted by Gasteiger charge is 2.46. The third-order valence-corrected chi connectivity index (χ3v) is 12.1. The number of piperidine rings is 1. The van der Waals surface area contributed by atoms with E-state index < -0.39 is 22.6 Å². The number of halogens is 2. The number of aromatic hydroxyl groups is 1. The highest BCUT2D eigenvalue weighted by molar-refractivity contribution is 7.83. The SMILES string of the molecule is C#Cc1c(F)ccc2cc(O)cc(C3=C(F)c4nc(OCC5(CN(C)C)CC5)nc(N5CCC6(CC5)CNC6)c4S(=O)N3CC3CC3)c12. The molecule has 252 valence electrons. The summed E-state index contributed by atoms with van der Waals surface area (Å²) in [6.45, 7) is 4.88. The molecule has 48 heavy (non-hydrogen) atoms. The van der Waals surface area contributed by atoms with Crippen LogP contribution in [0.15, 0.2) is 29.2 Å². The average Bonchev–Trinajstić information content (AvgIpc) is 3.99. The molecule has 0 bridgehead atoms. The number of hydrogen-bond acceptors (Lipinski definition) is 8. The van der Waals surface area contributed by atoms with Crippen LogP contribution in [0.3, 0.4) is 0 Å². The van der Waals surface area contributed by atoms with Crippen LogP contribution >= 0.6 is 0 Å². The molecule has 5 aliphatic rings. The molecule has 8 rings (SSSR count). The molecular weight excluding hydrogens is 634 g/mol. The Bertz CT molecular complexity index is 1900. The highest BCUT2D eigenvalue weighted by Crippen LogP contribution is 2.50. The maximum absolute atomic E-state index is 17.5. The minimum Gasteiger partial charge on any atom is -0.508 e. The number of anilines is 1. The lowest BCUT2D eigenvalue weighted by Crippen LogP contribution is -2.58. The minimum absolute atomic E-state index is 0.0166. The van der Waals surface area contributed by atoms with Gasteiger partial charge in [-0.1, -0.05) is 12.0 Å². The monoisotopic (exact) mass is 674 g/mol. The van der Waals surface area contributed by atoms with E-state index in [4.69, 9.17) is 16.1 Å². The van der Waals surface area contributed by atoms with Gasteiger partial charge in [-0.25, -0.2) is 13.0 Å². The first-order chi connectivity index (χ1) is 23.1. The third-order valence-electron chi connectivity index (χ3n) is 10.7. The van der Waals surface area contributed by atoms with Crippen LogP contribution in [0, 0.1) is 34.9 Å². The van der Waals surface area contributed by atoms with E-state index in [9.17, 15) is 9.32 Å². The van der Waals surface area contributed by atoms with Gasteiger partial charge in [-0.05, 0) is 87.5 Å². The number of benzene rings is 2. The third kappa shape index (κ3) is 5.50. The summed E-state index contributed by atoms with van der Waals surface area (Å²) in [6, 6.07) is 5.60. The predicted molar refractivity (Wildman–Crippen MR) is 182 cm³/mol. The van der Waals surface area contributed by atoms with Crippen LogP contribution in [0.2, 0.25) is 0 Å². The van der Waals surface area contributed by atoms with Crippen LogP contribution < -0.4 is 15.0 Å². The van der Waals surface area contributed by atoms with E-state index >= 15 is 8.78 Å². The van der Waals surface area contributed by atoms with Gasteiger partial charge in [0.1, 0.15) is 22.2 Å². The summed E-state index contributed by atoms with van der Waals surface area (Å²) in [4.78, 5) is 13.9. The number of phenolic OH excluding ortho intramolecular Hbond substituents is 1. The molecule has 12 heteroatoms. The van der Waals surface area contributed by atoms with Crippen LogP contribution in [0.4, 0.5) is 14.6 Å². The molecule has 1 atom stereocenters. The van der Waals surface area contributed by atoms with Crippen molar-refractivity contribution >= 4 is 39.1 Å². The number of fused-ring (bicyclic) bond motifs is 2. The van der Waals surface area contributed by atoms with Crippen LogP contribution in [0.5, 0.6) is 11.8 Å². The Balaban J connectivity index is 1.30. The summed E-state index contributed by atoms with van der Waals surface area (Å²) in [7, 11) is 2.13. The molecular formula is C36H40F2N6O3S. The van der Waals surface area contributed by atoms with Crippen LogP contribution in [-0.2, 0) is 11.0 Å². The molecule has 2 aliphatic carbocycles. The summed E-state index contributed by atoms with van der Waals surface area (Å²) < 4.78 is 55.3. The topological polar surface area (TPSA) is 94.1 Å². The first-order valence-electron chi connectivity index (χ1n) is 16.8. The number of aromatic nitrogens is 2. The van der Waals surface area contributed by atoms with Gasteiger partial charge in [-0.2, -0.15) is 9.97 Å². The second-order valence-electron chi connectivity index (χ2n) is 14.7. The molecule has 3 aliphatic heterocycles. The number of nitrogens with one attached hydrogen (secondary N) is 1. The summed E-state index contributed by atoms with van der Waals surface area (Å²) in [5, 5.41) is 14.9. The van der Waals surface area contributed by atoms with Gasteiger partial charge in [-0.15, -0.1) is 6.42 Å². The van der Waals surface area contributed by atoms with Crippen LogP contribution in [0.1, 0.15) is 55.3 Å². The highest BCUT2D eigenvalue weighted by atomic mass is 32.2. The number of phenols is 1. The first-order valence-corrected chi connectivity index (χ1v) is 17.9. The lowest BCUT2D eigenvalue weighted by Gasteiger charge is -2.49. The van der Waals surface area contributed by atoms with Crippen molar-refractivity contribution in [3.63, 3.8) is 0 Å². The fourth-order valence-electron chi connectivity index (χ4n) is 7.56. The zero-order valence-corrected chi connectivity index (χ0v) is 28.1. The van der Waals surface area contributed by atoms with Gasteiger partial charge in [0.2, 0.25) is 0 Å². The van der Waals surface area contributed by atoms with E-state index in [1.165, 1.54) is 24.3 Å². The van der Waals surface area contributed by atoms with Crippen LogP contribution in [-0.4, -0.2) is 88.5 Å². The lowest BCUT2D eigenvalue weighted by atomic mass is 9.73. The molecule has 1 unspecified atom stereocenters. The standard InChI is InChI=1S/C36H40F2N6O3S/c1-4-25-27(37)8-7-23-15-24(45)16-26(28(23)25)31-29(38)30-32(48(46)44(31)17-22-5-6-22)33(43-13-11-35(12-14-43)18-39-19-35)41-34(40-30)47-21-36(9-10-36)20-42(2)3/h1,7-8,15-16,22,39,45H,5-6,9-14,17-21H2,2-3H3. The molecule has 2 aromatic carbocycles. The van der Waals surface area contributed by atoms with Gasteiger partial charge in [0.15, 0.2) is 22.6 Å². The van der Waals surface area contributed by atoms with Gasteiger partial charge >= 0.3 is 6.01 Å². The molecule has 4 heterocycles. The number of rotatable bonds is 9. The van der Waals surface area contributed by atoms with Gasteiger partial charge in [-0.3, -0.25) is 4.31 Å². The summed E-state index contributed by atoms with van der Waals surface area (Å²) in [5.41, 5.74) is 0.212. The van der Waals surface area contributed by atoms with Crippen molar-refractivity contribution < 1.29 is 22.8 Å². The molecule has 4 fully saturated rings. The first kappa shape index (κ1) is 31.5. The van der Waals surface area contributed by atoms with Crippen molar-refractivity contribution in [1.29, 1.82) is 0 Å². The fourth-order valence-corrected chi connectivity index (χ4v) is 9.10. The number of terminal acetylenes is 1. The molecule has 0 radical (unpaired) electrons. The molecule has 2 saturated heterocycles. The molecule has 3 aromatic rings.